The summed E-state index contributed by atoms with van der Waals surface area (Å²) in [6.45, 7) is 2.40. The summed E-state index contributed by atoms with van der Waals surface area (Å²) in [6.07, 6.45) is 1.67. The predicted molar refractivity (Wildman–Crippen MR) is 95.7 cm³/mol. The third-order valence-electron chi connectivity index (χ3n) is 3.74. The second-order valence-electron chi connectivity index (χ2n) is 5.51. The maximum Gasteiger partial charge on any atom is 0.259 e. The van der Waals surface area contributed by atoms with E-state index in [1.807, 2.05) is 43.3 Å². The third-order valence-corrected chi connectivity index (χ3v) is 4.76. The largest absolute Gasteiger partial charge is 0.497 e. The zero-order valence-electron chi connectivity index (χ0n) is 13.5. The maximum atomic E-state index is 12.4. The van der Waals surface area contributed by atoms with Crippen LogP contribution < -0.4 is 15.6 Å². The highest BCUT2D eigenvalue weighted by Crippen LogP contribution is 2.21. The number of aromatic nitrogens is 1. The molecule has 24 heavy (non-hydrogen) atoms. The van der Waals surface area contributed by atoms with Gasteiger partial charge in [-0.2, -0.15) is 0 Å². The molecule has 0 fully saturated rings. The Bertz CT molecular complexity index is 926. The van der Waals surface area contributed by atoms with Gasteiger partial charge in [-0.05, 0) is 36.8 Å². The molecule has 3 rings (SSSR count). The standard InChI is InChI=1S/C18H18N2O3S/c1-12-9-15-16(24-12)7-8-20(18(15)22)11-17(21)19-10-13-3-5-14(23-2)6-4-13/h3-9H,10-11H2,1-2H3,(H,19,21). The van der Waals surface area contributed by atoms with Crippen LogP contribution in [0.1, 0.15) is 10.4 Å². The van der Waals surface area contributed by atoms with E-state index < -0.39 is 0 Å². The summed E-state index contributed by atoms with van der Waals surface area (Å²) >= 11 is 1.58. The molecule has 0 aliphatic carbocycles. The molecule has 1 amide bonds. The first-order chi connectivity index (χ1) is 11.6. The zero-order valence-corrected chi connectivity index (χ0v) is 14.4. The number of fused-ring (bicyclic) bond motifs is 1. The Morgan fingerprint density at radius 2 is 2.00 bits per heavy atom. The summed E-state index contributed by atoms with van der Waals surface area (Å²) in [5.74, 6) is 0.579. The number of carbonyl (C=O) groups excluding carboxylic acids is 1. The molecule has 0 saturated carbocycles. The molecular weight excluding hydrogens is 324 g/mol. The van der Waals surface area contributed by atoms with E-state index in [4.69, 9.17) is 4.74 Å². The number of pyridine rings is 1. The number of ether oxygens (including phenoxy) is 1. The van der Waals surface area contributed by atoms with Gasteiger partial charge in [-0.15, -0.1) is 11.3 Å². The molecule has 0 unspecified atom stereocenters. The fourth-order valence-corrected chi connectivity index (χ4v) is 3.39. The van der Waals surface area contributed by atoms with E-state index in [-0.39, 0.29) is 18.0 Å². The van der Waals surface area contributed by atoms with E-state index in [0.29, 0.717) is 11.9 Å². The summed E-state index contributed by atoms with van der Waals surface area (Å²) in [7, 11) is 1.61. The van der Waals surface area contributed by atoms with E-state index in [1.165, 1.54) is 4.57 Å². The van der Waals surface area contributed by atoms with Crippen molar-refractivity contribution in [3.05, 3.63) is 63.4 Å². The normalized spacial score (nSPS) is 10.8. The van der Waals surface area contributed by atoms with Crippen molar-refractivity contribution in [2.24, 2.45) is 0 Å². The molecule has 0 bridgehead atoms. The van der Waals surface area contributed by atoms with Crippen molar-refractivity contribution in [2.45, 2.75) is 20.0 Å². The van der Waals surface area contributed by atoms with E-state index in [1.54, 1.807) is 24.6 Å². The van der Waals surface area contributed by atoms with E-state index in [9.17, 15) is 9.59 Å². The first-order valence-electron chi connectivity index (χ1n) is 7.56. The van der Waals surface area contributed by atoms with Gasteiger partial charge in [0.05, 0.1) is 12.5 Å². The minimum Gasteiger partial charge on any atom is -0.497 e. The first kappa shape index (κ1) is 16.3. The van der Waals surface area contributed by atoms with E-state index in [2.05, 4.69) is 5.32 Å². The van der Waals surface area contributed by atoms with E-state index >= 15 is 0 Å². The SMILES string of the molecule is COc1ccc(CNC(=O)Cn2ccc3sc(C)cc3c2=O)cc1. The van der Waals surface area contributed by atoms with Gasteiger partial charge in [0.1, 0.15) is 12.3 Å². The lowest BCUT2D eigenvalue weighted by molar-refractivity contribution is -0.121. The van der Waals surface area contributed by atoms with Crippen LogP contribution >= 0.6 is 11.3 Å². The van der Waals surface area contributed by atoms with Crippen LogP contribution in [-0.2, 0) is 17.9 Å². The Morgan fingerprint density at radius 3 is 2.71 bits per heavy atom. The molecule has 0 spiro atoms. The maximum absolute atomic E-state index is 12.4. The summed E-state index contributed by atoms with van der Waals surface area (Å²) in [5.41, 5.74) is 0.844. The van der Waals surface area contributed by atoms with Crippen LogP contribution in [0.15, 0.2) is 47.4 Å². The second-order valence-corrected chi connectivity index (χ2v) is 6.80. The van der Waals surface area contributed by atoms with Gasteiger partial charge in [-0.3, -0.25) is 9.59 Å². The van der Waals surface area contributed by atoms with E-state index in [0.717, 1.165) is 20.9 Å². The highest BCUT2D eigenvalue weighted by molar-refractivity contribution is 7.18. The Hall–Kier alpha value is -2.60. The second kappa shape index (κ2) is 6.88. The molecule has 6 heteroatoms. The van der Waals surface area contributed by atoms with Gasteiger partial charge in [0.2, 0.25) is 5.91 Å². The molecule has 0 aliphatic heterocycles. The summed E-state index contributed by atoms with van der Waals surface area (Å²) < 4.78 is 7.49. The van der Waals surface area contributed by atoms with Crippen molar-refractivity contribution in [1.82, 2.24) is 9.88 Å². The molecule has 0 saturated heterocycles. The van der Waals surface area contributed by atoms with Crippen LogP contribution in [0.25, 0.3) is 10.1 Å². The van der Waals surface area contributed by atoms with Gasteiger partial charge in [-0.25, -0.2) is 0 Å². The summed E-state index contributed by atoms with van der Waals surface area (Å²) in [6, 6.07) is 11.2. The molecule has 0 atom stereocenters. The fourth-order valence-electron chi connectivity index (χ4n) is 2.48. The number of aryl methyl sites for hydroxylation is 1. The lowest BCUT2D eigenvalue weighted by atomic mass is 10.2. The average Bonchev–Trinajstić information content (AvgIpc) is 2.97. The van der Waals surface area contributed by atoms with Gasteiger partial charge in [0.25, 0.3) is 5.56 Å². The predicted octanol–water partition coefficient (Wildman–Crippen LogP) is 2.70. The van der Waals surface area contributed by atoms with Crippen LogP contribution in [0.4, 0.5) is 0 Å². The molecule has 2 heterocycles. The Kier molecular flexibility index (Phi) is 4.66. The molecule has 5 nitrogen and oxygen atoms in total. The number of carbonyl (C=O) groups is 1. The van der Waals surface area contributed by atoms with Gasteiger partial charge in [0.15, 0.2) is 0 Å². The van der Waals surface area contributed by atoms with Crippen LogP contribution in [0.3, 0.4) is 0 Å². The molecule has 0 aliphatic rings. The topological polar surface area (TPSA) is 60.3 Å². The number of methoxy groups -OCH3 is 1. The average molecular weight is 342 g/mol. The van der Waals surface area contributed by atoms with Gasteiger partial charge in [-0.1, -0.05) is 12.1 Å². The quantitative estimate of drug-likeness (QED) is 0.775. The minimum atomic E-state index is -0.195. The highest BCUT2D eigenvalue weighted by Gasteiger charge is 2.09. The monoisotopic (exact) mass is 342 g/mol. The summed E-state index contributed by atoms with van der Waals surface area (Å²) in [5, 5.41) is 3.50. The van der Waals surface area contributed by atoms with Crippen LogP contribution in [0.2, 0.25) is 0 Å². The number of benzene rings is 1. The molecule has 0 radical (unpaired) electrons. The number of nitrogens with zero attached hydrogens (tertiary/aromatic N) is 1. The van der Waals surface area contributed by atoms with Crippen LogP contribution in [-0.4, -0.2) is 17.6 Å². The fraction of sp³-hybridized carbons (Fsp3) is 0.222. The Labute approximate surface area is 143 Å². The van der Waals surface area contributed by atoms with Crippen molar-refractivity contribution in [2.75, 3.05) is 7.11 Å². The number of thiophene rings is 1. The summed E-state index contributed by atoms with van der Waals surface area (Å²) in [4.78, 5) is 25.6. The molecule has 1 N–H and O–H groups in total. The molecule has 2 aromatic heterocycles. The van der Waals surface area contributed by atoms with Crippen molar-refractivity contribution in [3.63, 3.8) is 0 Å². The minimum absolute atomic E-state index is 0.0137. The number of hydrogen-bond donors (Lipinski definition) is 1. The molecule has 124 valence electrons. The number of nitrogens with one attached hydrogen (secondary N) is 1. The number of amides is 1. The van der Waals surface area contributed by atoms with Crippen molar-refractivity contribution >= 4 is 27.3 Å². The van der Waals surface area contributed by atoms with Crippen molar-refractivity contribution in [3.8, 4) is 5.75 Å². The molecule has 3 aromatic rings. The Balaban J connectivity index is 1.66. The van der Waals surface area contributed by atoms with Gasteiger partial charge >= 0.3 is 0 Å². The molecule has 1 aromatic carbocycles. The van der Waals surface area contributed by atoms with Gasteiger partial charge in [0, 0.05) is 22.3 Å². The van der Waals surface area contributed by atoms with Crippen molar-refractivity contribution in [1.29, 1.82) is 0 Å². The lowest BCUT2D eigenvalue weighted by Crippen LogP contribution is -2.31. The lowest BCUT2D eigenvalue weighted by Gasteiger charge is -2.08. The zero-order chi connectivity index (χ0) is 17.1. The highest BCUT2D eigenvalue weighted by atomic mass is 32.1. The molecular formula is C18H18N2O3S. The number of hydrogen-bond acceptors (Lipinski definition) is 4. The number of rotatable bonds is 5. The van der Waals surface area contributed by atoms with Crippen LogP contribution in [0.5, 0.6) is 5.75 Å². The smallest absolute Gasteiger partial charge is 0.259 e. The Morgan fingerprint density at radius 1 is 1.25 bits per heavy atom. The first-order valence-corrected chi connectivity index (χ1v) is 8.37. The van der Waals surface area contributed by atoms with Crippen LogP contribution in [0, 0.1) is 6.92 Å². The van der Waals surface area contributed by atoms with Gasteiger partial charge < -0.3 is 14.6 Å². The third kappa shape index (κ3) is 3.49. The van der Waals surface area contributed by atoms with Crippen molar-refractivity contribution < 1.29 is 9.53 Å².